The van der Waals surface area contributed by atoms with Crippen molar-refractivity contribution in [3.05, 3.63) is 66.3 Å². The molecule has 2 bridgehead atoms. The topological polar surface area (TPSA) is 29.0 Å². The van der Waals surface area contributed by atoms with E-state index in [2.05, 4.69) is 51.3 Å². The first-order valence-corrected chi connectivity index (χ1v) is 8.16. The third-order valence-electron chi connectivity index (χ3n) is 4.92. The minimum Gasteiger partial charge on any atom is -0.289 e. The summed E-state index contributed by atoms with van der Waals surface area (Å²) >= 11 is 0. The molecule has 3 nitrogen and oxygen atoms in total. The summed E-state index contributed by atoms with van der Waals surface area (Å²) < 4.78 is 0. The molecule has 112 valence electrons. The highest BCUT2D eigenvalue weighted by molar-refractivity contribution is 5.66. The van der Waals surface area contributed by atoms with Crippen LogP contribution in [0.25, 0.3) is 5.57 Å². The monoisotopic (exact) mass is 291 g/mol. The summed E-state index contributed by atoms with van der Waals surface area (Å²) in [6.07, 6.45) is 13.0. The van der Waals surface area contributed by atoms with Gasteiger partial charge in [0.15, 0.2) is 0 Å². The van der Waals surface area contributed by atoms with Gasteiger partial charge in [-0.2, -0.15) is 0 Å². The average Bonchev–Trinajstić information content (AvgIpc) is 2.56. The van der Waals surface area contributed by atoms with Gasteiger partial charge < -0.3 is 0 Å². The molecular formula is C19H21N3. The minimum absolute atomic E-state index is 0.558. The first-order chi connectivity index (χ1) is 10.9. The fourth-order valence-corrected chi connectivity index (χ4v) is 3.84. The lowest BCUT2D eigenvalue weighted by Gasteiger charge is -2.45. The van der Waals surface area contributed by atoms with Crippen LogP contribution in [-0.2, 0) is 6.54 Å². The molecule has 3 heteroatoms. The summed E-state index contributed by atoms with van der Waals surface area (Å²) in [4.78, 5) is 11.0. The molecule has 0 aliphatic carbocycles. The zero-order valence-electron chi connectivity index (χ0n) is 12.7. The Labute approximate surface area is 131 Å². The molecule has 2 unspecified atom stereocenters. The number of fused-ring (bicyclic) bond motifs is 2. The van der Waals surface area contributed by atoms with Crippen molar-refractivity contribution in [3.63, 3.8) is 0 Å². The number of rotatable bonds is 3. The lowest BCUT2D eigenvalue weighted by Crippen LogP contribution is -2.47. The van der Waals surface area contributed by atoms with Crippen molar-refractivity contribution >= 4 is 5.57 Å². The lowest BCUT2D eigenvalue weighted by atomic mass is 9.83. The first kappa shape index (κ1) is 13.6. The van der Waals surface area contributed by atoms with Crippen LogP contribution in [0.15, 0.2) is 55.1 Å². The van der Waals surface area contributed by atoms with Gasteiger partial charge in [-0.05, 0) is 30.4 Å². The van der Waals surface area contributed by atoms with Crippen LogP contribution in [0.5, 0.6) is 0 Å². The fourth-order valence-electron chi connectivity index (χ4n) is 3.84. The number of hydrogen-bond donors (Lipinski definition) is 0. The highest BCUT2D eigenvalue weighted by Crippen LogP contribution is 2.37. The van der Waals surface area contributed by atoms with Gasteiger partial charge in [0.05, 0.1) is 0 Å². The predicted octanol–water partition coefficient (Wildman–Crippen LogP) is 3.69. The number of piperidine rings is 1. The van der Waals surface area contributed by atoms with Crippen LogP contribution in [0.3, 0.4) is 0 Å². The van der Waals surface area contributed by atoms with E-state index >= 15 is 0 Å². The number of aromatic nitrogens is 2. The van der Waals surface area contributed by atoms with Crippen LogP contribution in [0.2, 0.25) is 0 Å². The summed E-state index contributed by atoms with van der Waals surface area (Å²) in [6, 6.07) is 12.0. The Morgan fingerprint density at radius 3 is 2.64 bits per heavy atom. The molecule has 3 heterocycles. The Morgan fingerprint density at radius 1 is 1.05 bits per heavy atom. The predicted molar refractivity (Wildman–Crippen MR) is 88.0 cm³/mol. The van der Waals surface area contributed by atoms with E-state index in [1.165, 1.54) is 36.0 Å². The molecule has 2 aliphatic rings. The molecule has 4 rings (SSSR count). The molecule has 1 fully saturated rings. The van der Waals surface area contributed by atoms with Crippen molar-refractivity contribution in [2.24, 2.45) is 0 Å². The van der Waals surface area contributed by atoms with Crippen LogP contribution in [0.1, 0.15) is 36.8 Å². The molecule has 0 N–H and O–H groups in total. The maximum atomic E-state index is 4.18. The van der Waals surface area contributed by atoms with Gasteiger partial charge in [0.1, 0.15) is 6.33 Å². The Balaban J connectivity index is 1.60. The Morgan fingerprint density at radius 2 is 1.86 bits per heavy atom. The Kier molecular flexibility index (Phi) is 3.73. The van der Waals surface area contributed by atoms with E-state index in [1.807, 2.05) is 12.4 Å². The Bertz CT molecular complexity index is 651. The summed E-state index contributed by atoms with van der Waals surface area (Å²) in [5.41, 5.74) is 4.04. The van der Waals surface area contributed by atoms with Gasteiger partial charge in [0, 0.05) is 36.6 Å². The second-order valence-electron chi connectivity index (χ2n) is 6.33. The number of nitrogens with zero attached hydrogens (tertiary/aromatic N) is 3. The van der Waals surface area contributed by atoms with Gasteiger partial charge in [-0.1, -0.05) is 42.8 Å². The van der Waals surface area contributed by atoms with Gasteiger partial charge >= 0.3 is 0 Å². The van der Waals surface area contributed by atoms with E-state index in [9.17, 15) is 0 Å². The normalized spacial score (nSPS) is 24.8. The zero-order chi connectivity index (χ0) is 14.8. The molecule has 0 radical (unpaired) electrons. The van der Waals surface area contributed by atoms with Crippen LogP contribution >= 0.6 is 0 Å². The molecule has 1 aromatic heterocycles. The smallest absolute Gasteiger partial charge is 0.115 e. The third kappa shape index (κ3) is 2.69. The van der Waals surface area contributed by atoms with Crippen molar-refractivity contribution in [2.75, 3.05) is 0 Å². The van der Waals surface area contributed by atoms with E-state index in [0.717, 1.165) is 13.0 Å². The number of benzene rings is 1. The van der Waals surface area contributed by atoms with Crippen molar-refractivity contribution in [2.45, 2.75) is 44.3 Å². The van der Waals surface area contributed by atoms with Gasteiger partial charge in [0.25, 0.3) is 0 Å². The van der Waals surface area contributed by atoms with E-state index in [0.29, 0.717) is 12.1 Å². The van der Waals surface area contributed by atoms with Crippen LogP contribution in [0, 0.1) is 0 Å². The highest BCUT2D eigenvalue weighted by atomic mass is 15.2. The molecule has 0 amide bonds. The highest BCUT2D eigenvalue weighted by Gasteiger charge is 2.34. The maximum absolute atomic E-state index is 4.18. The Hall–Kier alpha value is -2.00. The molecular weight excluding hydrogens is 270 g/mol. The second kappa shape index (κ2) is 6.01. The van der Waals surface area contributed by atoms with E-state index in [-0.39, 0.29) is 0 Å². The fraction of sp³-hybridized carbons (Fsp3) is 0.368. The standard InChI is InChI=1S/C19H21N3/c1-2-5-15(6-3-1)13-22-18-7-4-8-19(22)10-16(9-18)17-11-20-14-21-12-17/h1-3,5-6,9,11-12,14,18-19H,4,7-8,10,13H2. The largest absolute Gasteiger partial charge is 0.289 e. The van der Waals surface area contributed by atoms with Crippen molar-refractivity contribution in [1.29, 1.82) is 0 Å². The SMILES string of the molecule is C1=C(c2cncnc2)CC2CCCC1N2Cc1ccccc1. The molecule has 22 heavy (non-hydrogen) atoms. The summed E-state index contributed by atoms with van der Waals surface area (Å²) in [5.74, 6) is 0. The summed E-state index contributed by atoms with van der Waals surface area (Å²) in [7, 11) is 0. The first-order valence-electron chi connectivity index (χ1n) is 8.16. The van der Waals surface area contributed by atoms with E-state index in [1.54, 1.807) is 6.33 Å². The lowest BCUT2D eigenvalue weighted by molar-refractivity contribution is 0.0951. The van der Waals surface area contributed by atoms with Gasteiger partial charge in [0.2, 0.25) is 0 Å². The quantitative estimate of drug-likeness (QED) is 0.863. The summed E-state index contributed by atoms with van der Waals surface area (Å²) in [5, 5.41) is 0. The van der Waals surface area contributed by atoms with Crippen molar-refractivity contribution in [3.8, 4) is 0 Å². The molecule has 2 aliphatic heterocycles. The molecule has 0 saturated carbocycles. The van der Waals surface area contributed by atoms with E-state index in [4.69, 9.17) is 0 Å². The van der Waals surface area contributed by atoms with Gasteiger partial charge in [-0.15, -0.1) is 0 Å². The molecule has 1 aromatic carbocycles. The third-order valence-corrected chi connectivity index (χ3v) is 4.92. The molecule has 0 spiro atoms. The van der Waals surface area contributed by atoms with Gasteiger partial charge in [-0.3, -0.25) is 4.90 Å². The minimum atomic E-state index is 0.558. The van der Waals surface area contributed by atoms with E-state index < -0.39 is 0 Å². The van der Waals surface area contributed by atoms with Crippen molar-refractivity contribution < 1.29 is 0 Å². The molecule has 2 atom stereocenters. The van der Waals surface area contributed by atoms with Crippen molar-refractivity contribution in [1.82, 2.24) is 14.9 Å². The number of hydrogen-bond acceptors (Lipinski definition) is 3. The van der Waals surface area contributed by atoms with Crippen LogP contribution in [0.4, 0.5) is 0 Å². The summed E-state index contributed by atoms with van der Waals surface area (Å²) in [6.45, 7) is 1.06. The van der Waals surface area contributed by atoms with Crippen LogP contribution < -0.4 is 0 Å². The van der Waals surface area contributed by atoms with Crippen LogP contribution in [-0.4, -0.2) is 27.0 Å². The maximum Gasteiger partial charge on any atom is 0.115 e. The van der Waals surface area contributed by atoms with Gasteiger partial charge in [-0.25, -0.2) is 9.97 Å². The average molecular weight is 291 g/mol. The second-order valence-corrected chi connectivity index (χ2v) is 6.33. The molecule has 2 aromatic rings. The zero-order valence-corrected chi connectivity index (χ0v) is 12.7. The molecule has 1 saturated heterocycles.